The van der Waals surface area contributed by atoms with Gasteiger partial charge in [0.15, 0.2) is 0 Å². The van der Waals surface area contributed by atoms with Crippen molar-refractivity contribution in [2.45, 2.75) is 39.0 Å². The number of rotatable bonds is 5. The number of hydrogen-bond donors (Lipinski definition) is 2. The van der Waals surface area contributed by atoms with E-state index >= 15 is 0 Å². The van der Waals surface area contributed by atoms with E-state index in [9.17, 15) is 5.11 Å². The lowest BCUT2D eigenvalue weighted by Crippen LogP contribution is -2.28. The fourth-order valence-corrected chi connectivity index (χ4v) is 1.61. The molecule has 0 aliphatic carbocycles. The van der Waals surface area contributed by atoms with Crippen molar-refractivity contribution in [1.82, 2.24) is 10.3 Å². The Bertz CT molecular complexity index is 304. The van der Waals surface area contributed by atoms with Crippen LogP contribution in [-0.4, -0.2) is 22.2 Å². The first kappa shape index (κ1) is 12.4. The van der Waals surface area contributed by atoms with Gasteiger partial charge in [-0.3, -0.25) is 4.98 Å². The predicted octanol–water partition coefficient (Wildman–Crippen LogP) is 1.98. The van der Waals surface area contributed by atoms with Gasteiger partial charge in [-0.15, -0.1) is 0 Å². The van der Waals surface area contributed by atoms with Crippen LogP contribution in [0.4, 0.5) is 0 Å². The van der Waals surface area contributed by atoms with Crippen molar-refractivity contribution >= 4 is 11.6 Å². The van der Waals surface area contributed by atoms with Gasteiger partial charge in [-0.1, -0.05) is 11.6 Å². The van der Waals surface area contributed by atoms with E-state index in [4.69, 9.17) is 11.6 Å². The van der Waals surface area contributed by atoms with Crippen molar-refractivity contribution in [2.24, 2.45) is 0 Å². The van der Waals surface area contributed by atoms with Crippen LogP contribution in [0.1, 0.15) is 25.8 Å². The molecule has 0 spiro atoms. The number of aliphatic hydroxyl groups excluding tert-OH is 1. The van der Waals surface area contributed by atoms with Gasteiger partial charge in [0.1, 0.15) is 0 Å². The van der Waals surface area contributed by atoms with Crippen molar-refractivity contribution < 1.29 is 5.11 Å². The molecule has 2 unspecified atom stereocenters. The van der Waals surface area contributed by atoms with Crippen LogP contribution in [0, 0.1) is 0 Å². The Kier molecular flexibility index (Phi) is 5.02. The van der Waals surface area contributed by atoms with Crippen LogP contribution >= 0.6 is 11.6 Å². The summed E-state index contributed by atoms with van der Waals surface area (Å²) < 4.78 is 0. The van der Waals surface area contributed by atoms with E-state index in [1.54, 1.807) is 19.3 Å². The third-order valence-electron chi connectivity index (χ3n) is 2.19. The molecular weight excluding hydrogens is 212 g/mol. The predicted molar refractivity (Wildman–Crippen MR) is 61.8 cm³/mol. The summed E-state index contributed by atoms with van der Waals surface area (Å²) in [5.74, 6) is 0. The molecule has 0 radical (unpaired) electrons. The molecule has 1 heterocycles. The minimum absolute atomic E-state index is 0.272. The minimum atomic E-state index is -0.277. The summed E-state index contributed by atoms with van der Waals surface area (Å²) in [6.07, 6.45) is 3.82. The van der Waals surface area contributed by atoms with Gasteiger partial charge < -0.3 is 10.4 Å². The Morgan fingerprint density at radius 1 is 1.53 bits per heavy atom. The first-order chi connectivity index (χ1) is 7.09. The first-order valence-corrected chi connectivity index (χ1v) is 5.47. The maximum atomic E-state index is 9.20. The smallest absolute Gasteiger partial charge is 0.0634 e. The topological polar surface area (TPSA) is 45.1 Å². The van der Waals surface area contributed by atoms with Gasteiger partial charge in [0.2, 0.25) is 0 Å². The number of hydrogen-bond acceptors (Lipinski definition) is 3. The maximum Gasteiger partial charge on any atom is 0.0634 e. The van der Waals surface area contributed by atoms with Crippen molar-refractivity contribution in [3.8, 4) is 0 Å². The van der Waals surface area contributed by atoms with Gasteiger partial charge in [-0.25, -0.2) is 0 Å². The van der Waals surface area contributed by atoms with Crippen LogP contribution in [0.5, 0.6) is 0 Å². The van der Waals surface area contributed by atoms with Crippen LogP contribution in [0.15, 0.2) is 18.5 Å². The van der Waals surface area contributed by atoms with Crippen LogP contribution in [0.25, 0.3) is 0 Å². The summed E-state index contributed by atoms with van der Waals surface area (Å²) in [4.78, 5) is 3.92. The number of halogens is 1. The molecule has 1 rings (SSSR count). The largest absolute Gasteiger partial charge is 0.393 e. The van der Waals surface area contributed by atoms with Crippen LogP contribution < -0.4 is 5.32 Å². The molecule has 2 atom stereocenters. The Hall–Kier alpha value is -0.640. The second-order valence-electron chi connectivity index (χ2n) is 3.83. The van der Waals surface area contributed by atoms with Crippen LogP contribution in [0.2, 0.25) is 5.02 Å². The highest BCUT2D eigenvalue weighted by Gasteiger charge is 2.06. The average Bonchev–Trinajstić information content (AvgIpc) is 2.15. The summed E-state index contributed by atoms with van der Waals surface area (Å²) in [5.41, 5.74) is 1.03. The monoisotopic (exact) mass is 228 g/mol. The fraction of sp³-hybridized carbons (Fsp3) is 0.545. The highest BCUT2D eigenvalue weighted by atomic mass is 35.5. The fourth-order valence-electron chi connectivity index (χ4n) is 1.43. The van der Waals surface area contributed by atoms with Crippen molar-refractivity contribution in [2.75, 3.05) is 0 Å². The molecule has 1 aromatic rings. The lowest BCUT2D eigenvalue weighted by atomic mass is 10.1. The first-order valence-electron chi connectivity index (χ1n) is 5.09. The highest BCUT2D eigenvalue weighted by molar-refractivity contribution is 6.31. The van der Waals surface area contributed by atoms with E-state index in [-0.39, 0.29) is 12.1 Å². The molecule has 1 aromatic heterocycles. The molecule has 0 fully saturated rings. The van der Waals surface area contributed by atoms with E-state index in [1.807, 2.05) is 13.0 Å². The van der Waals surface area contributed by atoms with Crippen LogP contribution in [-0.2, 0) is 6.54 Å². The Labute approximate surface area is 95.5 Å². The second-order valence-corrected chi connectivity index (χ2v) is 4.24. The summed E-state index contributed by atoms with van der Waals surface area (Å²) in [6, 6.07) is 2.17. The molecule has 0 aliphatic rings. The zero-order chi connectivity index (χ0) is 11.3. The van der Waals surface area contributed by atoms with E-state index in [2.05, 4.69) is 10.3 Å². The molecule has 0 aliphatic heterocycles. The van der Waals surface area contributed by atoms with Gasteiger partial charge in [0.05, 0.1) is 11.1 Å². The van der Waals surface area contributed by atoms with Crippen molar-refractivity contribution in [3.05, 3.63) is 29.0 Å². The van der Waals surface area contributed by atoms with E-state index in [0.717, 1.165) is 12.0 Å². The number of nitrogens with one attached hydrogen (secondary N) is 1. The molecule has 4 heteroatoms. The molecule has 3 nitrogen and oxygen atoms in total. The Morgan fingerprint density at radius 2 is 2.27 bits per heavy atom. The molecular formula is C11H17ClN2O. The minimum Gasteiger partial charge on any atom is -0.393 e. The van der Waals surface area contributed by atoms with Gasteiger partial charge >= 0.3 is 0 Å². The maximum absolute atomic E-state index is 9.20. The molecule has 0 saturated heterocycles. The van der Waals surface area contributed by atoms with Gasteiger partial charge in [-0.05, 0) is 31.9 Å². The molecule has 2 N–H and O–H groups in total. The molecule has 0 amide bonds. The lowest BCUT2D eigenvalue weighted by Gasteiger charge is -2.15. The molecule has 84 valence electrons. The standard InChI is InChI=1S/C11H17ClN2O/c1-8(5-9(2)15)14-6-10-3-4-13-7-11(10)12/h3-4,7-9,14-15H,5-6H2,1-2H3. The quantitative estimate of drug-likeness (QED) is 0.810. The lowest BCUT2D eigenvalue weighted by molar-refractivity contribution is 0.170. The third kappa shape index (κ3) is 4.60. The van der Waals surface area contributed by atoms with Crippen molar-refractivity contribution in [1.29, 1.82) is 0 Å². The van der Waals surface area contributed by atoms with E-state index in [1.165, 1.54) is 0 Å². The highest BCUT2D eigenvalue weighted by Crippen LogP contribution is 2.13. The summed E-state index contributed by atoms with van der Waals surface area (Å²) in [5, 5.41) is 13.2. The molecule has 0 aromatic carbocycles. The van der Waals surface area contributed by atoms with Gasteiger partial charge in [0, 0.05) is 25.0 Å². The van der Waals surface area contributed by atoms with Gasteiger partial charge in [0.25, 0.3) is 0 Å². The normalized spacial score (nSPS) is 14.9. The zero-order valence-corrected chi connectivity index (χ0v) is 9.83. The summed E-state index contributed by atoms with van der Waals surface area (Å²) in [6.45, 7) is 4.54. The third-order valence-corrected chi connectivity index (χ3v) is 2.53. The van der Waals surface area contributed by atoms with E-state index in [0.29, 0.717) is 11.6 Å². The van der Waals surface area contributed by atoms with E-state index < -0.39 is 0 Å². The van der Waals surface area contributed by atoms with Crippen molar-refractivity contribution in [3.63, 3.8) is 0 Å². The van der Waals surface area contributed by atoms with Crippen LogP contribution in [0.3, 0.4) is 0 Å². The molecule has 15 heavy (non-hydrogen) atoms. The number of aliphatic hydroxyl groups is 1. The van der Waals surface area contributed by atoms with Gasteiger partial charge in [-0.2, -0.15) is 0 Å². The SMILES string of the molecule is CC(O)CC(C)NCc1ccncc1Cl. The Morgan fingerprint density at radius 3 is 2.87 bits per heavy atom. The second kappa shape index (κ2) is 6.05. The summed E-state index contributed by atoms with van der Waals surface area (Å²) >= 11 is 5.96. The molecule has 0 saturated carbocycles. The number of nitrogens with zero attached hydrogens (tertiary/aromatic N) is 1. The number of pyridine rings is 1. The Balaban J connectivity index is 2.40. The number of aromatic nitrogens is 1. The summed E-state index contributed by atoms with van der Waals surface area (Å²) in [7, 11) is 0. The molecule has 0 bridgehead atoms. The average molecular weight is 229 g/mol. The zero-order valence-electron chi connectivity index (χ0n) is 9.07.